The maximum Gasteiger partial charge on any atom is 0.333 e. The van der Waals surface area contributed by atoms with Crippen molar-refractivity contribution in [3.63, 3.8) is 0 Å². The van der Waals surface area contributed by atoms with Gasteiger partial charge in [-0.2, -0.15) is 0 Å². The summed E-state index contributed by atoms with van der Waals surface area (Å²) in [5.74, 6) is 2.21. The van der Waals surface area contributed by atoms with E-state index in [-0.39, 0.29) is 11.6 Å². The summed E-state index contributed by atoms with van der Waals surface area (Å²) < 4.78 is 6.41. The standard InChI is InChI=1S/C22H32O2/c1-13(2)20(23)24-22(16-6-8-21(4,5)9-7-16)17-10-14(3)19-15(11-17)12-18(19)22/h15-18H,1,6-12H2,2-5H3. The summed E-state index contributed by atoms with van der Waals surface area (Å²) in [7, 11) is 0. The minimum atomic E-state index is -0.226. The summed E-state index contributed by atoms with van der Waals surface area (Å²) in [5, 5.41) is 0. The number of allylic oxidation sites excluding steroid dienone is 1. The third-order valence-corrected chi connectivity index (χ3v) is 7.73. The molecule has 5 aliphatic rings. The third-order valence-electron chi connectivity index (χ3n) is 7.73. The maximum atomic E-state index is 12.6. The van der Waals surface area contributed by atoms with Crippen molar-refractivity contribution in [3.8, 4) is 0 Å². The second-order valence-electron chi connectivity index (χ2n) is 9.82. The second-order valence-corrected chi connectivity index (χ2v) is 9.82. The van der Waals surface area contributed by atoms with Gasteiger partial charge in [0.15, 0.2) is 0 Å². The molecule has 4 atom stereocenters. The summed E-state index contributed by atoms with van der Waals surface area (Å²) in [5.41, 5.74) is 4.04. The van der Waals surface area contributed by atoms with Crippen LogP contribution < -0.4 is 0 Å². The van der Waals surface area contributed by atoms with Crippen molar-refractivity contribution in [1.29, 1.82) is 0 Å². The number of hydrogen-bond donors (Lipinski definition) is 0. The van der Waals surface area contributed by atoms with Gasteiger partial charge in [-0.1, -0.05) is 31.6 Å². The minimum absolute atomic E-state index is 0.158. The molecule has 0 aromatic rings. The molecule has 0 heterocycles. The fourth-order valence-corrected chi connectivity index (χ4v) is 6.46. The molecule has 2 heteroatoms. The van der Waals surface area contributed by atoms with E-state index >= 15 is 0 Å². The third kappa shape index (κ3) is 2.17. The first kappa shape index (κ1) is 16.4. The van der Waals surface area contributed by atoms with Crippen LogP contribution in [0.25, 0.3) is 0 Å². The molecule has 0 aromatic heterocycles. The number of carbonyl (C=O) groups is 1. The van der Waals surface area contributed by atoms with Gasteiger partial charge in [0.2, 0.25) is 0 Å². The van der Waals surface area contributed by atoms with E-state index in [2.05, 4.69) is 27.4 Å². The van der Waals surface area contributed by atoms with Crippen LogP contribution in [0.2, 0.25) is 0 Å². The zero-order valence-electron chi connectivity index (χ0n) is 15.8. The lowest BCUT2D eigenvalue weighted by atomic mass is 9.41. The molecule has 5 aliphatic carbocycles. The SMILES string of the molecule is C=C(C)C(=O)OC1(C2CCC(C)(C)CC2)C2CC(C)=C3C(C2)CC31. The van der Waals surface area contributed by atoms with Gasteiger partial charge >= 0.3 is 5.97 Å². The molecule has 0 amide bonds. The first-order chi connectivity index (χ1) is 11.2. The molecule has 4 unspecified atom stereocenters. The molecule has 0 N–H and O–H groups in total. The Kier molecular flexibility index (Phi) is 3.57. The van der Waals surface area contributed by atoms with Crippen LogP contribution in [0, 0.1) is 29.1 Å². The van der Waals surface area contributed by atoms with Crippen LogP contribution in [-0.4, -0.2) is 11.6 Å². The van der Waals surface area contributed by atoms with Gasteiger partial charge in [-0.25, -0.2) is 4.79 Å². The highest BCUT2D eigenvalue weighted by Crippen LogP contribution is 2.68. The highest BCUT2D eigenvalue weighted by molar-refractivity contribution is 5.87. The summed E-state index contributed by atoms with van der Waals surface area (Å²) in [4.78, 5) is 12.6. The molecule has 24 heavy (non-hydrogen) atoms. The molecule has 0 aromatic carbocycles. The zero-order chi connectivity index (χ0) is 17.3. The van der Waals surface area contributed by atoms with E-state index in [4.69, 9.17) is 4.74 Å². The molecule has 0 spiro atoms. The number of rotatable bonds is 3. The average Bonchev–Trinajstić information content (AvgIpc) is 2.46. The summed E-state index contributed by atoms with van der Waals surface area (Å²) in [6.07, 6.45) is 8.56. The van der Waals surface area contributed by atoms with Gasteiger partial charge in [0.05, 0.1) is 0 Å². The predicted molar refractivity (Wildman–Crippen MR) is 96.4 cm³/mol. The van der Waals surface area contributed by atoms with E-state index in [9.17, 15) is 4.79 Å². The quantitative estimate of drug-likeness (QED) is 0.392. The van der Waals surface area contributed by atoms with E-state index in [1.165, 1.54) is 38.5 Å². The fraction of sp³-hybridized carbons (Fsp3) is 0.773. The lowest BCUT2D eigenvalue weighted by molar-refractivity contribution is -0.214. The molecular formula is C22H32O2. The van der Waals surface area contributed by atoms with Gasteiger partial charge in [-0.3, -0.25) is 0 Å². The maximum absolute atomic E-state index is 12.6. The van der Waals surface area contributed by atoms with Crippen LogP contribution in [-0.2, 0) is 9.53 Å². The number of hydrogen-bond acceptors (Lipinski definition) is 2. The zero-order valence-corrected chi connectivity index (χ0v) is 15.8. The van der Waals surface area contributed by atoms with Gasteiger partial charge in [-0.05, 0) is 76.0 Å². The van der Waals surface area contributed by atoms with Crippen LogP contribution in [0.4, 0.5) is 0 Å². The highest BCUT2D eigenvalue weighted by atomic mass is 16.6. The topological polar surface area (TPSA) is 26.3 Å². The number of carbonyl (C=O) groups excluding carboxylic acids is 1. The van der Waals surface area contributed by atoms with Crippen molar-refractivity contribution < 1.29 is 9.53 Å². The Morgan fingerprint density at radius 3 is 2.38 bits per heavy atom. The van der Waals surface area contributed by atoms with E-state index < -0.39 is 0 Å². The Labute approximate surface area is 146 Å². The number of fused-ring (bicyclic) bond motifs is 1. The van der Waals surface area contributed by atoms with Crippen molar-refractivity contribution in [1.82, 2.24) is 0 Å². The molecule has 5 rings (SSSR count). The van der Waals surface area contributed by atoms with Crippen molar-refractivity contribution in [2.75, 3.05) is 0 Å². The average molecular weight is 328 g/mol. The molecule has 132 valence electrons. The van der Waals surface area contributed by atoms with Gasteiger partial charge in [-0.15, -0.1) is 0 Å². The van der Waals surface area contributed by atoms with Gasteiger partial charge in [0.25, 0.3) is 0 Å². The smallest absolute Gasteiger partial charge is 0.333 e. The fourth-order valence-electron chi connectivity index (χ4n) is 6.46. The Hall–Kier alpha value is -1.05. The van der Waals surface area contributed by atoms with Crippen LogP contribution in [0.3, 0.4) is 0 Å². The lowest BCUT2D eigenvalue weighted by Crippen LogP contribution is -2.66. The van der Waals surface area contributed by atoms with E-state index in [1.807, 2.05) is 0 Å². The molecular weight excluding hydrogens is 296 g/mol. The summed E-state index contributed by atoms with van der Waals surface area (Å²) in [6.45, 7) is 12.7. The van der Waals surface area contributed by atoms with Gasteiger partial charge in [0, 0.05) is 17.4 Å². The number of esters is 1. The second kappa shape index (κ2) is 5.22. The summed E-state index contributed by atoms with van der Waals surface area (Å²) >= 11 is 0. The lowest BCUT2D eigenvalue weighted by Gasteiger charge is -2.66. The Bertz CT molecular complexity index is 616. The molecule has 4 bridgehead atoms. The minimum Gasteiger partial charge on any atom is -0.454 e. The van der Waals surface area contributed by atoms with Crippen molar-refractivity contribution >= 4 is 5.97 Å². The van der Waals surface area contributed by atoms with Crippen LogP contribution in [0.15, 0.2) is 23.3 Å². The Balaban J connectivity index is 1.70. The van der Waals surface area contributed by atoms with E-state index in [0.717, 1.165) is 12.3 Å². The van der Waals surface area contributed by atoms with Crippen molar-refractivity contribution in [2.24, 2.45) is 29.1 Å². The van der Waals surface area contributed by atoms with Crippen LogP contribution >= 0.6 is 0 Å². The summed E-state index contributed by atoms with van der Waals surface area (Å²) in [6, 6.07) is 0. The van der Waals surface area contributed by atoms with Gasteiger partial charge in [0.1, 0.15) is 5.60 Å². The molecule has 3 saturated carbocycles. The van der Waals surface area contributed by atoms with Crippen molar-refractivity contribution in [3.05, 3.63) is 23.3 Å². The molecule has 0 radical (unpaired) electrons. The highest BCUT2D eigenvalue weighted by Gasteiger charge is 2.66. The molecule has 0 saturated heterocycles. The van der Waals surface area contributed by atoms with Crippen LogP contribution in [0.5, 0.6) is 0 Å². The van der Waals surface area contributed by atoms with Crippen LogP contribution in [0.1, 0.15) is 72.6 Å². The largest absolute Gasteiger partial charge is 0.454 e. The molecule has 2 nitrogen and oxygen atoms in total. The monoisotopic (exact) mass is 328 g/mol. The predicted octanol–water partition coefficient (Wildman–Crippen LogP) is 5.44. The first-order valence-corrected chi connectivity index (χ1v) is 9.83. The Morgan fingerprint density at radius 2 is 1.83 bits per heavy atom. The van der Waals surface area contributed by atoms with Crippen molar-refractivity contribution in [2.45, 2.75) is 78.2 Å². The molecule has 3 fully saturated rings. The first-order valence-electron chi connectivity index (χ1n) is 9.83. The number of ether oxygens (including phenoxy) is 1. The normalized spacial score (nSPS) is 40.2. The van der Waals surface area contributed by atoms with E-state index in [0.29, 0.717) is 28.7 Å². The van der Waals surface area contributed by atoms with Gasteiger partial charge < -0.3 is 4.74 Å². The Morgan fingerprint density at radius 1 is 1.17 bits per heavy atom. The molecule has 0 aliphatic heterocycles. The van der Waals surface area contributed by atoms with E-state index in [1.54, 1.807) is 18.1 Å².